The van der Waals surface area contributed by atoms with Crippen molar-refractivity contribution >= 4 is 0 Å². The van der Waals surface area contributed by atoms with Gasteiger partial charge in [-0.05, 0) is 49.1 Å². The van der Waals surface area contributed by atoms with E-state index >= 15 is 0 Å². The summed E-state index contributed by atoms with van der Waals surface area (Å²) in [5.74, 6) is 2.56. The van der Waals surface area contributed by atoms with Crippen LogP contribution in [0.1, 0.15) is 76.1 Å². The van der Waals surface area contributed by atoms with Crippen molar-refractivity contribution < 1.29 is 0 Å². The Labute approximate surface area is 146 Å². The number of hydrogen-bond acceptors (Lipinski definition) is 2. The lowest BCUT2D eigenvalue weighted by molar-refractivity contribution is 0.302. The van der Waals surface area contributed by atoms with Crippen molar-refractivity contribution in [3.63, 3.8) is 0 Å². The Balaban J connectivity index is 1.63. The smallest absolute Gasteiger partial charge is 0.131 e. The molecule has 3 rings (SSSR count). The van der Waals surface area contributed by atoms with E-state index in [0.717, 1.165) is 23.7 Å². The van der Waals surface area contributed by atoms with E-state index in [1.54, 1.807) is 0 Å². The van der Waals surface area contributed by atoms with Crippen LogP contribution < -0.4 is 0 Å². The number of benzene rings is 1. The first-order chi connectivity index (χ1) is 11.8. The quantitative estimate of drug-likeness (QED) is 0.635. The number of aryl methyl sites for hydroxylation is 1. The Morgan fingerprint density at radius 2 is 1.50 bits per heavy atom. The van der Waals surface area contributed by atoms with Gasteiger partial charge >= 0.3 is 0 Å². The van der Waals surface area contributed by atoms with Crippen LogP contribution in [0.4, 0.5) is 0 Å². The molecular weight excluding hydrogens is 292 g/mol. The molecular formula is C22H30N2. The number of nitrogens with zero attached hydrogens (tertiary/aromatic N) is 2. The van der Waals surface area contributed by atoms with E-state index in [1.165, 1.54) is 56.1 Å². The van der Waals surface area contributed by atoms with Gasteiger partial charge in [0.1, 0.15) is 5.82 Å². The van der Waals surface area contributed by atoms with Gasteiger partial charge in [0.15, 0.2) is 0 Å². The summed E-state index contributed by atoms with van der Waals surface area (Å²) < 4.78 is 0. The highest BCUT2D eigenvalue weighted by atomic mass is 14.9. The van der Waals surface area contributed by atoms with Gasteiger partial charge in [0, 0.05) is 23.9 Å². The van der Waals surface area contributed by atoms with Crippen LogP contribution in [-0.4, -0.2) is 9.97 Å². The molecule has 0 radical (unpaired) electrons. The van der Waals surface area contributed by atoms with E-state index in [9.17, 15) is 0 Å². The fraction of sp³-hybridized carbons (Fsp3) is 0.545. The molecule has 0 atom stereocenters. The molecule has 0 bridgehead atoms. The second-order valence-corrected chi connectivity index (χ2v) is 7.28. The topological polar surface area (TPSA) is 25.8 Å². The maximum atomic E-state index is 4.70. The minimum Gasteiger partial charge on any atom is -0.240 e. The Hall–Kier alpha value is -1.70. The van der Waals surface area contributed by atoms with Crippen LogP contribution in [0.2, 0.25) is 0 Å². The molecule has 0 spiro atoms. The lowest BCUT2D eigenvalue weighted by atomic mass is 9.80. The Kier molecular flexibility index (Phi) is 6.01. The first-order valence-electron chi connectivity index (χ1n) is 9.71. The van der Waals surface area contributed by atoms with E-state index in [1.807, 2.05) is 12.4 Å². The zero-order chi connectivity index (χ0) is 16.8. The lowest BCUT2D eigenvalue weighted by Crippen LogP contribution is -2.15. The van der Waals surface area contributed by atoms with E-state index in [4.69, 9.17) is 9.97 Å². The third-order valence-corrected chi connectivity index (χ3v) is 5.41. The minimum atomic E-state index is 0.569. The molecule has 128 valence electrons. The van der Waals surface area contributed by atoms with Gasteiger partial charge in [-0.15, -0.1) is 0 Å². The Morgan fingerprint density at radius 1 is 0.833 bits per heavy atom. The number of aromatic nitrogens is 2. The summed E-state index contributed by atoms with van der Waals surface area (Å²) in [5.41, 5.74) is 3.75. The highest BCUT2D eigenvalue weighted by Gasteiger charge is 2.23. The first-order valence-corrected chi connectivity index (χ1v) is 9.71. The molecule has 0 unspecified atom stereocenters. The summed E-state index contributed by atoms with van der Waals surface area (Å²) in [6.07, 6.45) is 14.3. The van der Waals surface area contributed by atoms with Crippen LogP contribution in [0.5, 0.6) is 0 Å². The molecule has 1 heterocycles. The standard InChI is InChI=1S/C22H30N2/c1-3-5-17-7-11-19(12-8-17)21-15-23-22(24-16-21)20-13-9-18(6-4-2)10-14-20/h7-8,11-12,15-16,18,20H,3-6,9-10,13-14H2,1-2H3/t18-,20-. The molecule has 1 aliphatic rings. The van der Waals surface area contributed by atoms with E-state index in [0.29, 0.717) is 5.92 Å². The van der Waals surface area contributed by atoms with Gasteiger partial charge < -0.3 is 0 Å². The molecule has 1 aromatic heterocycles. The van der Waals surface area contributed by atoms with Gasteiger partial charge in [0.25, 0.3) is 0 Å². The largest absolute Gasteiger partial charge is 0.240 e. The SMILES string of the molecule is CCCc1ccc(-c2cnc([C@H]3CC[C@H](CCC)CC3)nc2)cc1. The zero-order valence-electron chi connectivity index (χ0n) is 15.2. The van der Waals surface area contributed by atoms with E-state index in [2.05, 4.69) is 38.1 Å². The molecule has 2 aromatic rings. The van der Waals surface area contributed by atoms with Gasteiger partial charge in [-0.25, -0.2) is 9.97 Å². The van der Waals surface area contributed by atoms with Crippen molar-refractivity contribution in [2.45, 2.75) is 71.1 Å². The predicted octanol–water partition coefficient (Wildman–Crippen LogP) is 6.17. The number of rotatable bonds is 6. The van der Waals surface area contributed by atoms with Gasteiger partial charge in [-0.1, -0.05) is 57.4 Å². The third-order valence-electron chi connectivity index (χ3n) is 5.41. The summed E-state index contributed by atoms with van der Waals surface area (Å²) in [6.45, 7) is 4.51. The minimum absolute atomic E-state index is 0.569. The average molecular weight is 322 g/mol. The van der Waals surface area contributed by atoms with Crippen LogP contribution in [0.3, 0.4) is 0 Å². The summed E-state index contributed by atoms with van der Waals surface area (Å²) >= 11 is 0. The van der Waals surface area contributed by atoms with E-state index in [-0.39, 0.29) is 0 Å². The second-order valence-electron chi connectivity index (χ2n) is 7.28. The first kappa shape index (κ1) is 17.1. The van der Waals surface area contributed by atoms with Crippen LogP contribution in [-0.2, 0) is 6.42 Å². The van der Waals surface area contributed by atoms with Crippen LogP contribution in [0.25, 0.3) is 11.1 Å². The zero-order valence-corrected chi connectivity index (χ0v) is 15.2. The Bertz CT molecular complexity index is 607. The molecule has 1 aliphatic carbocycles. The summed E-state index contributed by atoms with van der Waals surface area (Å²) in [4.78, 5) is 9.39. The fourth-order valence-corrected chi connectivity index (χ4v) is 3.97. The van der Waals surface area contributed by atoms with Gasteiger partial charge in [-0.2, -0.15) is 0 Å². The average Bonchev–Trinajstić information content (AvgIpc) is 2.64. The normalized spacial score (nSPS) is 20.9. The molecule has 0 aliphatic heterocycles. The number of hydrogen-bond donors (Lipinski definition) is 0. The van der Waals surface area contributed by atoms with Crippen molar-refractivity contribution in [3.8, 4) is 11.1 Å². The van der Waals surface area contributed by atoms with Gasteiger partial charge in [-0.3, -0.25) is 0 Å². The maximum Gasteiger partial charge on any atom is 0.131 e. The predicted molar refractivity (Wildman–Crippen MR) is 101 cm³/mol. The van der Waals surface area contributed by atoms with Crippen molar-refractivity contribution in [2.24, 2.45) is 5.92 Å². The monoisotopic (exact) mass is 322 g/mol. The van der Waals surface area contributed by atoms with Crippen molar-refractivity contribution in [3.05, 3.63) is 48.0 Å². The fourth-order valence-electron chi connectivity index (χ4n) is 3.97. The highest BCUT2D eigenvalue weighted by Crippen LogP contribution is 2.36. The maximum absolute atomic E-state index is 4.70. The van der Waals surface area contributed by atoms with Crippen LogP contribution in [0, 0.1) is 5.92 Å². The molecule has 24 heavy (non-hydrogen) atoms. The van der Waals surface area contributed by atoms with E-state index < -0.39 is 0 Å². The lowest BCUT2D eigenvalue weighted by Gasteiger charge is -2.27. The molecule has 1 saturated carbocycles. The molecule has 1 aromatic carbocycles. The molecule has 0 amide bonds. The van der Waals surface area contributed by atoms with Crippen LogP contribution >= 0.6 is 0 Å². The van der Waals surface area contributed by atoms with Crippen LogP contribution in [0.15, 0.2) is 36.7 Å². The van der Waals surface area contributed by atoms with Gasteiger partial charge in [0.2, 0.25) is 0 Å². The molecule has 2 heteroatoms. The highest BCUT2D eigenvalue weighted by molar-refractivity contribution is 5.61. The second kappa shape index (κ2) is 8.41. The summed E-state index contributed by atoms with van der Waals surface area (Å²) in [7, 11) is 0. The van der Waals surface area contributed by atoms with Crippen molar-refractivity contribution in [1.82, 2.24) is 9.97 Å². The summed E-state index contributed by atoms with van der Waals surface area (Å²) in [5, 5.41) is 0. The Morgan fingerprint density at radius 3 is 2.08 bits per heavy atom. The summed E-state index contributed by atoms with van der Waals surface area (Å²) in [6, 6.07) is 8.84. The molecule has 1 fully saturated rings. The van der Waals surface area contributed by atoms with Crippen molar-refractivity contribution in [1.29, 1.82) is 0 Å². The molecule has 2 nitrogen and oxygen atoms in total. The molecule has 0 saturated heterocycles. The molecule has 0 N–H and O–H groups in total. The van der Waals surface area contributed by atoms with Crippen molar-refractivity contribution in [2.75, 3.05) is 0 Å². The third kappa shape index (κ3) is 4.23. The van der Waals surface area contributed by atoms with Gasteiger partial charge in [0.05, 0.1) is 0 Å².